The van der Waals surface area contributed by atoms with Gasteiger partial charge >= 0.3 is 0 Å². The lowest BCUT2D eigenvalue weighted by Crippen LogP contribution is -2.22. The quantitative estimate of drug-likeness (QED) is 0.386. The Morgan fingerprint density at radius 2 is 1.89 bits per heavy atom. The lowest BCUT2D eigenvalue weighted by Gasteiger charge is -2.35. The van der Waals surface area contributed by atoms with Gasteiger partial charge in [-0.3, -0.25) is 0 Å². The topological polar surface area (TPSA) is 48.8 Å². The lowest BCUT2D eigenvalue weighted by molar-refractivity contribution is 0.185. The van der Waals surface area contributed by atoms with E-state index < -0.39 is 0 Å². The van der Waals surface area contributed by atoms with Gasteiger partial charge in [-0.15, -0.1) is 0 Å². The molecule has 0 heterocycles. The molecule has 1 saturated carbocycles. The smallest absolute Gasteiger partial charge is 0.0630 e. The maximum atomic E-state index is 8.77. The number of azide groups is 1. The van der Waals surface area contributed by atoms with E-state index in [-0.39, 0.29) is 6.04 Å². The van der Waals surface area contributed by atoms with Gasteiger partial charge in [-0.25, -0.2) is 0 Å². The van der Waals surface area contributed by atoms with Crippen molar-refractivity contribution >= 4 is 0 Å². The van der Waals surface area contributed by atoms with E-state index in [9.17, 15) is 0 Å². The molecule has 1 aromatic rings. The molecule has 0 bridgehead atoms. The normalized spacial score (nSPS) is 19.8. The SMILES string of the molecule is CC1(CC(N=[N+]=[N-])c2ccccc2)CCCCC1. The Kier molecular flexibility index (Phi) is 4.27. The minimum atomic E-state index is -0.0145. The third-order valence-corrected chi connectivity index (χ3v) is 4.12. The molecule has 0 radical (unpaired) electrons. The van der Waals surface area contributed by atoms with Gasteiger partial charge in [-0.05, 0) is 35.8 Å². The zero-order chi connectivity index (χ0) is 12.8. The average molecular weight is 243 g/mol. The molecule has 1 aromatic carbocycles. The Labute approximate surface area is 109 Å². The van der Waals surface area contributed by atoms with Gasteiger partial charge in [0.2, 0.25) is 0 Å². The van der Waals surface area contributed by atoms with E-state index in [0.29, 0.717) is 5.41 Å². The van der Waals surface area contributed by atoms with Crippen molar-refractivity contribution < 1.29 is 0 Å². The van der Waals surface area contributed by atoms with Crippen molar-refractivity contribution in [3.63, 3.8) is 0 Å². The predicted molar refractivity (Wildman–Crippen MR) is 74.1 cm³/mol. The van der Waals surface area contributed by atoms with E-state index in [2.05, 4.69) is 29.1 Å². The Hall–Kier alpha value is -1.47. The maximum absolute atomic E-state index is 8.77. The summed E-state index contributed by atoms with van der Waals surface area (Å²) in [5.41, 5.74) is 10.3. The molecule has 1 fully saturated rings. The van der Waals surface area contributed by atoms with Crippen molar-refractivity contribution in [3.8, 4) is 0 Å². The highest BCUT2D eigenvalue weighted by Crippen LogP contribution is 2.43. The van der Waals surface area contributed by atoms with Crippen LogP contribution < -0.4 is 0 Å². The number of benzene rings is 1. The van der Waals surface area contributed by atoms with Crippen LogP contribution in [0, 0.1) is 5.41 Å². The highest BCUT2D eigenvalue weighted by atomic mass is 15.1. The van der Waals surface area contributed by atoms with Crippen molar-refractivity contribution in [1.29, 1.82) is 0 Å². The molecule has 3 nitrogen and oxygen atoms in total. The van der Waals surface area contributed by atoms with Crippen molar-refractivity contribution in [1.82, 2.24) is 0 Å². The zero-order valence-electron chi connectivity index (χ0n) is 11.0. The minimum absolute atomic E-state index is 0.0145. The molecule has 0 saturated heterocycles. The molecule has 0 amide bonds. The van der Waals surface area contributed by atoms with Crippen LogP contribution in [0.2, 0.25) is 0 Å². The van der Waals surface area contributed by atoms with Crippen LogP contribution in [0.1, 0.15) is 57.1 Å². The Balaban J connectivity index is 2.13. The summed E-state index contributed by atoms with van der Waals surface area (Å²) in [7, 11) is 0. The van der Waals surface area contributed by atoms with Crippen molar-refractivity contribution in [2.45, 2.75) is 51.5 Å². The second-order valence-corrected chi connectivity index (χ2v) is 5.71. The average Bonchev–Trinajstić information content (AvgIpc) is 2.40. The summed E-state index contributed by atoms with van der Waals surface area (Å²) in [5, 5.41) is 4.01. The van der Waals surface area contributed by atoms with Gasteiger partial charge in [-0.1, -0.05) is 61.6 Å². The van der Waals surface area contributed by atoms with Crippen molar-refractivity contribution in [2.24, 2.45) is 10.5 Å². The summed E-state index contributed by atoms with van der Waals surface area (Å²) in [4.78, 5) is 3.03. The first-order valence-electron chi connectivity index (χ1n) is 6.83. The van der Waals surface area contributed by atoms with Crippen LogP contribution in [0.15, 0.2) is 35.4 Å². The van der Waals surface area contributed by atoms with Crippen LogP contribution in [-0.4, -0.2) is 0 Å². The van der Waals surface area contributed by atoms with Gasteiger partial charge in [0.15, 0.2) is 0 Å². The highest BCUT2D eigenvalue weighted by Gasteiger charge is 2.30. The molecule has 96 valence electrons. The van der Waals surface area contributed by atoms with Gasteiger partial charge in [0.25, 0.3) is 0 Å². The van der Waals surface area contributed by atoms with E-state index in [1.54, 1.807) is 0 Å². The number of hydrogen-bond donors (Lipinski definition) is 0. The molecule has 1 aliphatic carbocycles. The molecule has 0 aliphatic heterocycles. The van der Waals surface area contributed by atoms with Crippen LogP contribution in [0.5, 0.6) is 0 Å². The number of hydrogen-bond acceptors (Lipinski definition) is 1. The maximum Gasteiger partial charge on any atom is 0.0630 e. The van der Waals surface area contributed by atoms with Gasteiger partial charge in [0, 0.05) is 4.91 Å². The molecule has 1 unspecified atom stereocenters. The molecule has 3 heteroatoms. The number of rotatable bonds is 4. The van der Waals surface area contributed by atoms with Crippen LogP contribution in [0.4, 0.5) is 0 Å². The highest BCUT2D eigenvalue weighted by molar-refractivity contribution is 5.19. The first kappa shape index (κ1) is 13.0. The summed E-state index contributed by atoms with van der Waals surface area (Å²) in [6.45, 7) is 2.34. The fraction of sp³-hybridized carbons (Fsp3) is 0.600. The Morgan fingerprint density at radius 1 is 1.22 bits per heavy atom. The van der Waals surface area contributed by atoms with Crippen molar-refractivity contribution in [2.75, 3.05) is 0 Å². The standard InChI is InChI=1S/C15H21N3/c1-15(10-6-3-7-11-15)12-14(17-18-16)13-8-4-2-5-9-13/h2,4-5,8-9,14H,3,6-7,10-12H2,1H3. The summed E-state index contributed by atoms with van der Waals surface area (Å²) in [6.07, 6.45) is 7.48. The summed E-state index contributed by atoms with van der Waals surface area (Å²) in [6, 6.07) is 10.1. The Morgan fingerprint density at radius 3 is 2.50 bits per heavy atom. The Bertz CT molecular complexity index is 415. The van der Waals surface area contributed by atoms with Crippen LogP contribution >= 0.6 is 0 Å². The predicted octanol–water partition coefficient (Wildman–Crippen LogP) is 5.40. The zero-order valence-corrected chi connectivity index (χ0v) is 11.0. The van der Waals surface area contributed by atoms with Crippen LogP contribution in [-0.2, 0) is 0 Å². The largest absolute Gasteiger partial charge is 0.0859 e. The monoisotopic (exact) mass is 243 g/mol. The second kappa shape index (κ2) is 5.92. The van der Waals surface area contributed by atoms with E-state index >= 15 is 0 Å². The van der Waals surface area contributed by atoms with E-state index in [1.807, 2.05) is 18.2 Å². The third-order valence-electron chi connectivity index (χ3n) is 4.12. The van der Waals surface area contributed by atoms with Gasteiger partial charge in [-0.2, -0.15) is 0 Å². The fourth-order valence-corrected chi connectivity index (χ4v) is 3.04. The molecular formula is C15H21N3. The summed E-state index contributed by atoms with van der Waals surface area (Å²) in [5.74, 6) is 0. The first-order valence-corrected chi connectivity index (χ1v) is 6.83. The minimum Gasteiger partial charge on any atom is -0.0859 e. The van der Waals surface area contributed by atoms with Crippen molar-refractivity contribution in [3.05, 3.63) is 46.3 Å². The summed E-state index contributed by atoms with van der Waals surface area (Å²) >= 11 is 0. The molecule has 18 heavy (non-hydrogen) atoms. The third kappa shape index (κ3) is 3.27. The van der Waals surface area contributed by atoms with E-state index in [4.69, 9.17) is 5.53 Å². The van der Waals surface area contributed by atoms with Gasteiger partial charge in [0.05, 0.1) is 6.04 Å². The molecular weight excluding hydrogens is 222 g/mol. The molecule has 0 aromatic heterocycles. The van der Waals surface area contributed by atoms with Crippen LogP contribution in [0.3, 0.4) is 0 Å². The molecule has 0 spiro atoms. The van der Waals surface area contributed by atoms with Gasteiger partial charge < -0.3 is 0 Å². The van der Waals surface area contributed by atoms with Crippen LogP contribution in [0.25, 0.3) is 10.4 Å². The molecule has 1 aliphatic rings. The van der Waals surface area contributed by atoms with Gasteiger partial charge in [0.1, 0.15) is 0 Å². The lowest BCUT2D eigenvalue weighted by atomic mass is 9.71. The van der Waals surface area contributed by atoms with E-state index in [1.165, 1.54) is 32.1 Å². The molecule has 0 N–H and O–H groups in total. The molecule has 2 rings (SSSR count). The van der Waals surface area contributed by atoms with E-state index in [0.717, 1.165) is 12.0 Å². The number of nitrogens with zero attached hydrogens (tertiary/aromatic N) is 3. The first-order chi connectivity index (χ1) is 8.73. The molecule has 1 atom stereocenters. The summed E-state index contributed by atoms with van der Waals surface area (Å²) < 4.78 is 0. The fourth-order valence-electron chi connectivity index (χ4n) is 3.04. The second-order valence-electron chi connectivity index (χ2n) is 5.71.